The first kappa shape index (κ1) is 15.6. The Balaban J connectivity index is 2.26. The summed E-state index contributed by atoms with van der Waals surface area (Å²) in [5.41, 5.74) is -1.59. The van der Waals surface area contributed by atoms with Crippen molar-refractivity contribution in [1.29, 1.82) is 0 Å². The quantitative estimate of drug-likeness (QED) is 0.886. The van der Waals surface area contributed by atoms with Crippen LogP contribution in [0.2, 0.25) is 0 Å². The fourth-order valence-electron chi connectivity index (χ4n) is 1.92. The number of hydrogen-bond acceptors (Lipinski definition) is 3. The lowest BCUT2D eigenvalue weighted by atomic mass is 10.2. The van der Waals surface area contributed by atoms with Gasteiger partial charge in [-0.2, -0.15) is 0 Å². The molecule has 1 N–H and O–H groups in total. The van der Waals surface area contributed by atoms with Gasteiger partial charge in [0.05, 0.1) is 6.54 Å². The molecule has 0 radical (unpaired) electrons. The van der Waals surface area contributed by atoms with Gasteiger partial charge in [-0.1, -0.05) is 6.07 Å². The zero-order valence-electron chi connectivity index (χ0n) is 11.9. The SMILES string of the molecule is Cn1c(CNC(=O)c2c(F)cccc2F)cc(=O)n(C)c1=O. The average Bonchev–Trinajstić information content (AvgIpc) is 2.47. The molecule has 6 nitrogen and oxygen atoms in total. The summed E-state index contributed by atoms with van der Waals surface area (Å²) in [5, 5.41) is 2.28. The van der Waals surface area contributed by atoms with Gasteiger partial charge in [0.15, 0.2) is 0 Å². The monoisotopic (exact) mass is 309 g/mol. The number of rotatable bonds is 3. The minimum absolute atomic E-state index is 0.214. The Kier molecular flexibility index (Phi) is 4.20. The molecule has 0 unspecified atom stereocenters. The van der Waals surface area contributed by atoms with Crippen LogP contribution in [0.3, 0.4) is 0 Å². The van der Waals surface area contributed by atoms with Crippen molar-refractivity contribution in [2.45, 2.75) is 6.54 Å². The molecular weight excluding hydrogens is 296 g/mol. The van der Waals surface area contributed by atoms with Crippen LogP contribution in [0.25, 0.3) is 0 Å². The second-order valence-corrected chi connectivity index (χ2v) is 4.65. The number of nitrogens with zero attached hydrogens (tertiary/aromatic N) is 2. The van der Waals surface area contributed by atoms with E-state index in [1.165, 1.54) is 24.7 Å². The highest BCUT2D eigenvalue weighted by molar-refractivity contribution is 5.94. The summed E-state index contributed by atoms with van der Waals surface area (Å²) in [6, 6.07) is 4.24. The van der Waals surface area contributed by atoms with E-state index < -0.39 is 34.4 Å². The normalized spacial score (nSPS) is 10.5. The molecule has 0 saturated heterocycles. The Morgan fingerprint density at radius 3 is 2.32 bits per heavy atom. The topological polar surface area (TPSA) is 73.1 Å². The number of amides is 1. The van der Waals surface area contributed by atoms with E-state index in [0.29, 0.717) is 0 Å². The second-order valence-electron chi connectivity index (χ2n) is 4.65. The maximum atomic E-state index is 13.5. The molecule has 22 heavy (non-hydrogen) atoms. The highest BCUT2D eigenvalue weighted by atomic mass is 19.1. The minimum Gasteiger partial charge on any atom is -0.346 e. The number of hydrogen-bond donors (Lipinski definition) is 1. The molecular formula is C14H13F2N3O3. The van der Waals surface area contributed by atoms with Gasteiger partial charge in [0.25, 0.3) is 11.5 Å². The Bertz CT molecular complexity index is 835. The van der Waals surface area contributed by atoms with Gasteiger partial charge in [-0.05, 0) is 12.1 Å². The second kappa shape index (κ2) is 5.92. The molecule has 0 fully saturated rings. The summed E-state index contributed by atoms with van der Waals surface area (Å²) < 4.78 is 29.0. The Hall–Kier alpha value is -2.77. The molecule has 1 aromatic heterocycles. The molecule has 0 aliphatic rings. The summed E-state index contributed by atoms with van der Waals surface area (Å²) in [6.45, 7) is -0.214. The van der Waals surface area contributed by atoms with Crippen molar-refractivity contribution in [1.82, 2.24) is 14.5 Å². The molecule has 0 spiro atoms. The van der Waals surface area contributed by atoms with E-state index >= 15 is 0 Å². The maximum absolute atomic E-state index is 13.5. The minimum atomic E-state index is -0.990. The van der Waals surface area contributed by atoms with E-state index in [4.69, 9.17) is 0 Å². The largest absolute Gasteiger partial charge is 0.346 e. The van der Waals surface area contributed by atoms with Gasteiger partial charge < -0.3 is 5.32 Å². The number of benzene rings is 1. The number of aromatic nitrogens is 2. The molecule has 1 heterocycles. The van der Waals surface area contributed by atoms with Crippen LogP contribution >= 0.6 is 0 Å². The van der Waals surface area contributed by atoms with Crippen molar-refractivity contribution in [3.63, 3.8) is 0 Å². The fourth-order valence-corrected chi connectivity index (χ4v) is 1.92. The Labute approximate surface area is 123 Å². The summed E-state index contributed by atoms with van der Waals surface area (Å²) in [7, 11) is 2.74. The predicted octanol–water partition coefficient (Wildman–Crippen LogP) is 0.292. The molecule has 0 saturated carbocycles. The molecule has 2 rings (SSSR count). The fraction of sp³-hybridized carbons (Fsp3) is 0.214. The molecule has 2 aromatic rings. The van der Waals surface area contributed by atoms with Crippen molar-refractivity contribution in [3.05, 3.63) is 68.0 Å². The number of nitrogens with one attached hydrogen (secondary N) is 1. The van der Waals surface area contributed by atoms with Crippen LogP contribution < -0.4 is 16.6 Å². The van der Waals surface area contributed by atoms with Crippen LogP contribution in [-0.4, -0.2) is 15.0 Å². The third-order valence-electron chi connectivity index (χ3n) is 3.25. The molecule has 0 bridgehead atoms. The van der Waals surface area contributed by atoms with Crippen molar-refractivity contribution < 1.29 is 13.6 Å². The molecule has 0 atom stereocenters. The Morgan fingerprint density at radius 1 is 1.14 bits per heavy atom. The van der Waals surface area contributed by atoms with E-state index in [0.717, 1.165) is 22.8 Å². The van der Waals surface area contributed by atoms with Crippen molar-refractivity contribution >= 4 is 5.91 Å². The molecule has 0 aliphatic heterocycles. The number of carbonyl (C=O) groups is 1. The predicted molar refractivity (Wildman–Crippen MR) is 74.5 cm³/mol. The first-order valence-corrected chi connectivity index (χ1v) is 6.31. The third-order valence-corrected chi connectivity index (χ3v) is 3.25. The first-order chi connectivity index (χ1) is 10.3. The van der Waals surface area contributed by atoms with Gasteiger partial charge in [0.2, 0.25) is 0 Å². The van der Waals surface area contributed by atoms with Gasteiger partial charge >= 0.3 is 5.69 Å². The third kappa shape index (κ3) is 2.80. The van der Waals surface area contributed by atoms with Crippen LogP contribution in [0.1, 0.15) is 16.1 Å². The van der Waals surface area contributed by atoms with Crippen LogP contribution in [0.5, 0.6) is 0 Å². The highest BCUT2D eigenvalue weighted by Gasteiger charge is 2.17. The van der Waals surface area contributed by atoms with E-state index in [9.17, 15) is 23.2 Å². The van der Waals surface area contributed by atoms with Crippen LogP contribution in [0.4, 0.5) is 8.78 Å². The van der Waals surface area contributed by atoms with Crippen LogP contribution in [0.15, 0.2) is 33.9 Å². The van der Waals surface area contributed by atoms with Gasteiger partial charge in [0, 0.05) is 25.9 Å². The number of carbonyl (C=O) groups excluding carboxylic acids is 1. The number of halogens is 2. The highest BCUT2D eigenvalue weighted by Crippen LogP contribution is 2.11. The summed E-state index contributed by atoms with van der Waals surface area (Å²) in [4.78, 5) is 35.1. The van der Waals surface area contributed by atoms with Gasteiger partial charge in [-0.25, -0.2) is 13.6 Å². The lowest BCUT2D eigenvalue weighted by Gasteiger charge is -2.11. The van der Waals surface area contributed by atoms with E-state index in [-0.39, 0.29) is 12.2 Å². The smallest absolute Gasteiger partial charge is 0.330 e. The van der Waals surface area contributed by atoms with Gasteiger partial charge in [-0.3, -0.25) is 18.7 Å². The zero-order valence-corrected chi connectivity index (χ0v) is 11.9. The van der Waals surface area contributed by atoms with Crippen LogP contribution in [-0.2, 0) is 20.6 Å². The lowest BCUT2D eigenvalue weighted by molar-refractivity contribution is 0.0941. The van der Waals surface area contributed by atoms with E-state index in [1.54, 1.807) is 0 Å². The zero-order chi connectivity index (χ0) is 16.4. The van der Waals surface area contributed by atoms with Crippen LogP contribution in [0, 0.1) is 11.6 Å². The summed E-state index contributed by atoms with van der Waals surface area (Å²) in [6.07, 6.45) is 0. The van der Waals surface area contributed by atoms with Gasteiger partial charge in [0.1, 0.15) is 17.2 Å². The summed E-state index contributed by atoms with van der Waals surface area (Å²) in [5.74, 6) is -2.95. The lowest BCUT2D eigenvalue weighted by Crippen LogP contribution is -2.39. The van der Waals surface area contributed by atoms with Crippen molar-refractivity contribution in [3.8, 4) is 0 Å². The van der Waals surface area contributed by atoms with Crippen molar-refractivity contribution in [2.24, 2.45) is 14.1 Å². The Morgan fingerprint density at radius 2 is 1.73 bits per heavy atom. The molecule has 116 valence electrons. The van der Waals surface area contributed by atoms with E-state index in [2.05, 4.69) is 5.32 Å². The standard InChI is InChI=1S/C14H13F2N3O3/c1-18-8(6-11(20)19(2)14(18)22)7-17-13(21)12-9(15)4-3-5-10(12)16/h3-6H,7H2,1-2H3,(H,17,21). The average molecular weight is 309 g/mol. The first-order valence-electron chi connectivity index (χ1n) is 6.31. The molecule has 0 aliphatic carbocycles. The molecule has 1 aromatic carbocycles. The maximum Gasteiger partial charge on any atom is 0.330 e. The van der Waals surface area contributed by atoms with Gasteiger partial charge in [-0.15, -0.1) is 0 Å². The summed E-state index contributed by atoms with van der Waals surface area (Å²) >= 11 is 0. The van der Waals surface area contributed by atoms with E-state index in [1.807, 2.05) is 0 Å². The molecule has 1 amide bonds. The van der Waals surface area contributed by atoms with Crippen molar-refractivity contribution in [2.75, 3.05) is 0 Å². The molecule has 8 heteroatoms.